The first-order valence-electron chi connectivity index (χ1n) is 8.55. The molecule has 3 aromatic rings. The summed E-state index contributed by atoms with van der Waals surface area (Å²) < 4.78 is 10.5. The molecule has 6 heteroatoms. The van der Waals surface area contributed by atoms with Crippen LogP contribution in [-0.2, 0) is 9.53 Å². The topological polar surface area (TPSA) is 81.3 Å². The summed E-state index contributed by atoms with van der Waals surface area (Å²) in [6.45, 7) is 2.61. The normalized spacial score (nSPS) is 10.7. The quantitative estimate of drug-likeness (QED) is 0.521. The van der Waals surface area contributed by atoms with Crippen LogP contribution in [0.5, 0.6) is 5.75 Å². The fourth-order valence-electron chi connectivity index (χ4n) is 2.57. The highest BCUT2D eigenvalue weighted by Crippen LogP contribution is 2.20. The lowest BCUT2D eigenvalue weighted by atomic mass is 10.2. The van der Waals surface area contributed by atoms with E-state index in [1.165, 1.54) is 0 Å². The molecule has 0 atom stereocenters. The molecule has 134 valence electrons. The molecule has 0 saturated heterocycles. The standard InChI is InChI=1S/C20H20N2O4/c1-2-25-18(23)8-5-13-26-15-11-9-14(10-12-15)19-21-17-7-4-3-6-16(17)20(24)22-19/h3-4,6-7,9-12H,2,5,8,13H2,1H3,(H,21,22,24). The first-order chi connectivity index (χ1) is 12.7. The third kappa shape index (κ3) is 4.27. The molecule has 0 amide bonds. The molecular weight excluding hydrogens is 332 g/mol. The van der Waals surface area contributed by atoms with E-state index in [2.05, 4.69) is 9.97 Å². The van der Waals surface area contributed by atoms with Gasteiger partial charge in [0.2, 0.25) is 0 Å². The second-order valence-corrected chi connectivity index (χ2v) is 5.71. The first-order valence-corrected chi connectivity index (χ1v) is 8.55. The van der Waals surface area contributed by atoms with E-state index in [1.54, 1.807) is 13.0 Å². The Morgan fingerprint density at radius 1 is 1.12 bits per heavy atom. The second-order valence-electron chi connectivity index (χ2n) is 5.71. The van der Waals surface area contributed by atoms with E-state index in [9.17, 15) is 9.59 Å². The lowest BCUT2D eigenvalue weighted by Gasteiger charge is -2.07. The number of ether oxygens (including phenoxy) is 2. The minimum Gasteiger partial charge on any atom is -0.494 e. The summed E-state index contributed by atoms with van der Waals surface area (Å²) in [6.07, 6.45) is 0.939. The van der Waals surface area contributed by atoms with Gasteiger partial charge in [0.1, 0.15) is 11.6 Å². The maximum Gasteiger partial charge on any atom is 0.305 e. The summed E-state index contributed by atoms with van der Waals surface area (Å²) in [5.41, 5.74) is 1.29. The van der Waals surface area contributed by atoms with Crippen molar-refractivity contribution in [2.24, 2.45) is 0 Å². The molecule has 0 spiro atoms. The smallest absolute Gasteiger partial charge is 0.305 e. The lowest BCUT2D eigenvalue weighted by Crippen LogP contribution is -2.09. The van der Waals surface area contributed by atoms with Crippen molar-refractivity contribution < 1.29 is 14.3 Å². The van der Waals surface area contributed by atoms with E-state index in [-0.39, 0.29) is 11.5 Å². The highest BCUT2D eigenvalue weighted by Gasteiger charge is 2.06. The van der Waals surface area contributed by atoms with Crippen LogP contribution in [0.15, 0.2) is 53.3 Å². The van der Waals surface area contributed by atoms with Gasteiger partial charge in [0.05, 0.1) is 24.1 Å². The predicted molar refractivity (Wildman–Crippen MR) is 99.2 cm³/mol. The van der Waals surface area contributed by atoms with Crippen LogP contribution in [0.3, 0.4) is 0 Å². The highest BCUT2D eigenvalue weighted by atomic mass is 16.5. The van der Waals surface area contributed by atoms with Crippen molar-refractivity contribution in [3.63, 3.8) is 0 Å². The van der Waals surface area contributed by atoms with E-state index in [4.69, 9.17) is 9.47 Å². The SMILES string of the molecule is CCOC(=O)CCCOc1ccc(-c2nc3ccccc3c(=O)[nH]2)cc1. The van der Waals surface area contributed by atoms with Gasteiger partial charge in [0.15, 0.2) is 0 Å². The number of fused-ring (bicyclic) bond motifs is 1. The minimum atomic E-state index is -0.210. The monoisotopic (exact) mass is 352 g/mol. The fraction of sp³-hybridized carbons (Fsp3) is 0.250. The Kier molecular flexibility index (Phi) is 5.63. The van der Waals surface area contributed by atoms with Gasteiger partial charge in [-0.3, -0.25) is 9.59 Å². The third-order valence-electron chi connectivity index (χ3n) is 3.84. The van der Waals surface area contributed by atoms with Gasteiger partial charge in [-0.15, -0.1) is 0 Å². The van der Waals surface area contributed by atoms with Crippen LogP contribution in [0, 0.1) is 0 Å². The molecule has 6 nitrogen and oxygen atoms in total. The van der Waals surface area contributed by atoms with Gasteiger partial charge in [-0.2, -0.15) is 0 Å². The average molecular weight is 352 g/mol. The third-order valence-corrected chi connectivity index (χ3v) is 3.84. The Morgan fingerprint density at radius 3 is 2.65 bits per heavy atom. The van der Waals surface area contributed by atoms with Crippen molar-refractivity contribution in [1.29, 1.82) is 0 Å². The molecular formula is C20H20N2O4. The number of carbonyl (C=O) groups is 1. The lowest BCUT2D eigenvalue weighted by molar-refractivity contribution is -0.143. The van der Waals surface area contributed by atoms with Gasteiger partial charge >= 0.3 is 5.97 Å². The van der Waals surface area contributed by atoms with Crippen LogP contribution in [0.1, 0.15) is 19.8 Å². The number of carbonyl (C=O) groups excluding carboxylic acids is 1. The van der Waals surface area contributed by atoms with E-state index in [0.717, 1.165) is 5.56 Å². The molecule has 0 saturated carbocycles. The fourth-order valence-corrected chi connectivity index (χ4v) is 2.57. The van der Waals surface area contributed by atoms with Gasteiger partial charge in [-0.1, -0.05) is 12.1 Å². The predicted octanol–water partition coefficient (Wildman–Crippen LogP) is 3.31. The van der Waals surface area contributed by atoms with Crippen LogP contribution >= 0.6 is 0 Å². The first kappa shape index (κ1) is 17.7. The zero-order valence-corrected chi connectivity index (χ0v) is 14.5. The Bertz CT molecular complexity index is 948. The van der Waals surface area contributed by atoms with Crippen LogP contribution in [0.25, 0.3) is 22.3 Å². The van der Waals surface area contributed by atoms with Gasteiger partial charge in [-0.25, -0.2) is 4.98 Å². The maximum absolute atomic E-state index is 12.2. The Balaban J connectivity index is 1.64. The summed E-state index contributed by atoms with van der Waals surface area (Å²) in [5, 5.41) is 0.567. The number of hydrogen-bond donors (Lipinski definition) is 1. The number of esters is 1. The molecule has 0 fully saturated rings. The van der Waals surface area contributed by atoms with E-state index < -0.39 is 0 Å². The van der Waals surface area contributed by atoms with Crippen molar-refractivity contribution in [3.8, 4) is 17.1 Å². The summed E-state index contributed by atoms with van der Waals surface area (Å²) in [4.78, 5) is 30.7. The van der Waals surface area contributed by atoms with Crippen molar-refractivity contribution >= 4 is 16.9 Å². The van der Waals surface area contributed by atoms with Gasteiger partial charge in [-0.05, 0) is 49.7 Å². The summed E-state index contributed by atoms with van der Waals surface area (Å²) >= 11 is 0. The maximum atomic E-state index is 12.2. The molecule has 0 radical (unpaired) electrons. The van der Waals surface area contributed by atoms with Gasteiger partial charge < -0.3 is 14.5 Å². The number of benzene rings is 2. The molecule has 3 rings (SSSR count). The molecule has 0 aliphatic rings. The minimum absolute atomic E-state index is 0.162. The van der Waals surface area contributed by atoms with Crippen molar-refractivity contribution in [2.75, 3.05) is 13.2 Å². The van der Waals surface area contributed by atoms with Crippen LogP contribution in [0.2, 0.25) is 0 Å². The Labute approximate surface area is 150 Å². The van der Waals surface area contributed by atoms with Crippen molar-refractivity contribution in [2.45, 2.75) is 19.8 Å². The zero-order chi connectivity index (χ0) is 18.4. The molecule has 0 unspecified atom stereocenters. The number of aromatic nitrogens is 2. The van der Waals surface area contributed by atoms with E-state index in [0.29, 0.717) is 48.5 Å². The van der Waals surface area contributed by atoms with Crippen LogP contribution < -0.4 is 10.3 Å². The number of nitrogens with zero attached hydrogens (tertiary/aromatic N) is 1. The van der Waals surface area contributed by atoms with Gasteiger partial charge in [0.25, 0.3) is 5.56 Å². The summed E-state index contributed by atoms with van der Waals surface area (Å²) in [6, 6.07) is 14.5. The summed E-state index contributed by atoms with van der Waals surface area (Å²) in [7, 11) is 0. The van der Waals surface area contributed by atoms with Crippen LogP contribution in [-0.4, -0.2) is 29.2 Å². The van der Waals surface area contributed by atoms with Gasteiger partial charge in [0, 0.05) is 12.0 Å². The molecule has 1 N–H and O–H groups in total. The Morgan fingerprint density at radius 2 is 1.88 bits per heavy atom. The van der Waals surface area contributed by atoms with Crippen LogP contribution in [0.4, 0.5) is 0 Å². The molecule has 1 heterocycles. The molecule has 0 bridgehead atoms. The summed E-state index contributed by atoms with van der Waals surface area (Å²) in [5.74, 6) is 1.00. The van der Waals surface area contributed by atoms with Crippen molar-refractivity contribution in [1.82, 2.24) is 9.97 Å². The number of nitrogens with one attached hydrogen (secondary N) is 1. The Hall–Kier alpha value is -3.15. The number of rotatable bonds is 7. The molecule has 26 heavy (non-hydrogen) atoms. The molecule has 0 aliphatic heterocycles. The number of hydrogen-bond acceptors (Lipinski definition) is 5. The molecule has 1 aromatic heterocycles. The largest absolute Gasteiger partial charge is 0.494 e. The van der Waals surface area contributed by atoms with Crippen molar-refractivity contribution in [3.05, 3.63) is 58.9 Å². The number of H-pyrrole nitrogens is 1. The van der Waals surface area contributed by atoms with E-state index >= 15 is 0 Å². The average Bonchev–Trinajstić information content (AvgIpc) is 2.66. The molecule has 0 aliphatic carbocycles. The number of para-hydroxylation sites is 1. The highest BCUT2D eigenvalue weighted by molar-refractivity contribution is 5.79. The zero-order valence-electron chi connectivity index (χ0n) is 14.5. The number of aromatic amines is 1. The molecule has 2 aromatic carbocycles. The van der Waals surface area contributed by atoms with E-state index in [1.807, 2.05) is 42.5 Å². The second kappa shape index (κ2) is 8.29.